The first-order valence-corrected chi connectivity index (χ1v) is 9.84. The van der Waals surface area contributed by atoms with E-state index in [4.69, 9.17) is 4.42 Å². The standard InChI is InChI=1S/C21H21FN2O2S/c22-17-9-7-16(8-10-17)19-15-24-21(26-19)12-11-20(25)23-13-4-14-27-18-5-2-1-3-6-18/h1-3,5-10,15H,4,11-14H2,(H,23,25). The molecular weight excluding hydrogens is 363 g/mol. The Morgan fingerprint density at radius 2 is 1.89 bits per heavy atom. The SMILES string of the molecule is O=C(CCc1ncc(-c2ccc(F)cc2)o1)NCCCSc1ccccc1. The Bertz CT molecular complexity index is 850. The Morgan fingerprint density at radius 1 is 1.11 bits per heavy atom. The molecule has 140 valence electrons. The Hall–Kier alpha value is -2.60. The second-order valence-corrected chi connectivity index (χ2v) is 7.16. The van der Waals surface area contributed by atoms with Crippen LogP contribution >= 0.6 is 11.8 Å². The minimum absolute atomic E-state index is 0.0127. The average Bonchev–Trinajstić information content (AvgIpc) is 3.16. The molecule has 0 unspecified atom stereocenters. The summed E-state index contributed by atoms with van der Waals surface area (Å²) in [5.41, 5.74) is 0.760. The fourth-order valence-electron chi connectivity index (χ4n) is 2.49. The Labute approximate surface area is 162 Å². The summed E-state index contributed by atoms with van der Waals surface area (Å²) in [5, 5.41) is 2.92. The number of carbonyl (C=O) groups excluding carboxylic acids is 1. The Balaban J connectivity index is 1.34. The van der Waals surface area contributed by atoms with Gasteiger partial charge in [-0.1, -0.05) is 18.2 Å². The van der Waals surface area contributed by atoms with E-state index in [-0.39, 0.29) is 11.7 Å². The number of rotatable bonds is 9. The summed E-state index contributed by atoms with van der Waals surface area (Å²) >= 11 is 1.78. The van der Waals surface area contributed by atoms with E-state index in [2.05, 4.69) is 22.4 Å². The topological polar surface area (TPSA) is 55.1 Å². The molecule has 3 rings (SSSR count). The van der Waals surface area contributed by atoms with Gasteiger partial charge in [-0.25, -0.2) is 9.37 Å². The molecule has 1 heterocycles. The van der Waals surface area contributed by atoms with Gasteiger partial charge in [0.1, 0.15) is 5.82 Å². The third-order valence-electron chi connectivity index (χ3n) is 3.90. The Morgan fingerprint density at radius 3 is 2.67 bits per heavy atom. The quantitative estimate of drug-likeness (QED) is 0.429. The number of thioether (sulfide) groups is 1. The molecule has 0 spiro atoms. The van der Waals surface area contributed by atoms with E-state index in [1.165, 1.54) is 17.0 Å². The van der Waals surface area contributed by atoms with Crippen molar-refractivity contribution >= 4 is 17.7 Å². The number of aromatic nitrogens is 1. The van der Waals surface area contributed by atoms with E-state index in [0.29, 0.717) is 31.0 Å². The van der Waals surface area contributed by atoms with Crippen LogP contribution in [0, 0.1) is 5.82 Å². The van der Waals surface area contributed by atoms with Gasteiger partial charge >= 0.3 is 0 Å². The molecule has 0 aliphatic heterocycles. The van der Waals surface area contributed by atoms with E-state index in [9.17, 15) is 9.18 Å². The normalized spacial score (nSPS) is 10.7. The molecule has 0 saturated heterocycles. The zero-order valence-electron chi connectivity index (χ0n) is 14.9. The molecule has 1 aromatic heterocycles. The van der Waals surface area contributed by atoms with Gasteiger partial charge in [0.15, 0.2) is 11.7 Å². The van der Waals surface area contributed by atoms with Crippen molar-refractivity contribution in [3.63, 3.8) is 0 Å². The molecule has 0 aliphatic rings. The van der Waals surface area contributed by atoms with Gasteiger partial charge in [-0.15, -0.1) is 11.8 Å². The number of amides is 1. The molecule has 1 amide bonds. The van der Waals surface area contributed by atoms with Gasteiger partial charge in [-0.3, -0.25) is 4.79 Å². The van der Waals surface area contributed by atoms with Crippen LogP contribution in [0.15, 0.2) is 70.1 Å². The summed E-state index contributed by atoms with van der Waals surface area (Å²) in [7, 11) is 0. The summed E-state index contributed by atoms with van der Waals surface area (Å²) in [5.74, 6) is 1.73. The number of carbonyl (C=O) groups is 1. The maximum atomic E-state index is 13.0. The van der Waals surface area contributed by atoms with Crippen LogP contribution in [0.25, 0.3) is 11.3 Å². The molecule has 4 nitrogen and oxygen atoms in total. The molecule has 2 aromatic carbocycles. The average molecular weight is 384 g/mol. The minimum atomic E-state index is -0.294. The summed E-state index contributed by atoms with van der Waals surface area (Å²) in [6.45, 7) is 0.658. The molecule has 0 saturated carbocycles. The van der Waals surface area contributed by atoms with Crippen molar-refractivity contribution in [3.8, 4) is 11.3 Å². The molecule has 0 atom stereocenters. The van der Waals surface area contributed by atoms with Crippen LogP contribution in [0.5, 0.6) is 0 Å². The predicted molar refractivity (Wildman–Crippen MR) is 105 cm³/mol. The molecule has 3 aromatic rings. The van der Waals surface area contributed by atoms with Gasteiger partial charge in [-0.05, 0) is 48.6 Å². The van der Waals surface area contributed by atoms with Crippen LogP contribution in [-0.4, -0.2) is 23.2 Å². The van der Waals surface area contributed by atoms with Crippen LogP contribution in [0.3, 0.4) is 0 Å². The van der Waals surface area contributed by atoms with Crippen LogP contribution in [0.4, 0.5) is 4.39 Å². The smallest absolute Gasteiger partial charge is 0.220 e. The second-order valence-electron chi connectivity index (χ2n) is 5.99. The molecule has 6 heteroatoms. The van der Waals surface area contributed by atoms with E-state index in [1.807, 2.05) is 18.2 Å². The zero-order chi connectivity index (χ0) is 18.9. The van der Waals surface area contributed by atoms with E-state index in [1.54, 1.807) is 30.1 Å². The number of nitrogens with one attached hydrogen (secondary N) is 1. The lowest BCUT2D eigenvalue weighted by Gasteiger charge is -2.04. The van der Waals surface area contributed by atoms with Crippen molar-refractivity contribution in [1.82, 2.24) is 10.3 Å². The number of halogens is 1. The first-order valence-electron chi connectivity index (χ1n) is 8.86. The van der Waals surface area contributed by atoms with Crippen molar-refractivity contribution in [2.24, 2.45) is 0 Å². The fourth-order valence-corrected chi connectivity index (χ4v) is 3.36. The summed E-state index contributed by atoms with van der Waals surface area (Å²) in [6.07, 6.45) is 3.28. The number of benzene rings is 2. The highest BCUT2D eigenvalue weighted by Gasteiger charge is 2.09. The molecule has 27 heavy (non-hydrogen) atoms. The largest absolute Gasteiger partial charge is 0.441 e. The highest BCUT2D eigenvalue weighted by atomic mass is 32.2. The summed E-state index contributed by atoms with van der Waals surface area (Å²) < 4.78 is 18.6. The highest BCUT2D eigenvalue weighted by Crippen LogP contribution is 2.21. The van der Waals surface area contributed by atoms with Crippen molar-refractivity contribution in [2.75, 3.05) is 12.3 Å². The number of oxazole rings is 1. The van der Waals surface area contributed by atoms with Gasteiger partial charge in [0.25, 0.3) is 0 Å². The Kier molecular flexibility index (Phi) is 7.04. The summed E-state index contributed by atoms with van der Waals surface area (Å²) in [6, 6.07) is 16.2. The minimum Gasteiger partial charge on any atom is -0.441 e. The van der Waals surface area contributed by atoms with E-state index in [0.717, 1.165) is 17.7 Å². The summed E-state index contributed by atoms with van der Waals surface area (Å²) in [4.78, 5) is 17.4. The molecule has 0 radical (unpaired) electrons. The van der Waals surface area contributed by atoms with Crippen LogP contribution < -0.4 is 5.32 Å². The van der Waals surface area contributed by atoms with Gasteiger partial charge in [0, 0.05) is 29.8 Å². The van der Waals surface area contributed by atoms with Crippen molar-refractivity contribution in [3.05, 3.63) is 72.5 Å². The molecule has 0 aliphatic carbocycles. The maximum absolute atomic E-state index is 13.0. The van der Waals surface area contributed by atoms with Crippen LogP contribution in [-0.2, 0) is 11.2 Å². The third kappa shape index (κ3) is 6.25. The predicted octanol–water partition coefficient (Wildman–Crippen LogP) is 4.71. The second kappa shape index (κ2) is 9.92. The maximum Gasteiger partial charge on any atom is 0.220 e. The van der Waals surface area contributed by atoms with Gasteiger partial charge in [0.2, 0.25) is 5.91 Å². The van der Waals surface area contributed by atoms with Crippen molar-refractivity contribution < 1.29 is 13.6 Å². The van der Waals surface area contributed by atoms with E-state index < -0.39 is 0 Å². The first kappa shape index (κ1) is 19.2. The molecule has 0 fully saturated rings. The monoisotopic (exact) mass is 384 g/mol. The molecular formula is C21H21FN2O2S. The van der Waals surface area contributed by atoms with Crippen molar-refractivity contribution in [1.29, 1.82) is 0 Å². The van der Waals surface area contributed by atoms with Gasteiger partial charge < -0.3 is 9.73 Å². The number of nitrogens with zero attached hydrogens (tertiary/aromatic N) is 1. The lowest BCUT2D eigenvalue weighted by molar-refractivity contribution is -0.121. The van der Waals surface area contributed by atoms with Gasteiger partial charge in [-0.2, -0.15) is 0 Å². The number of hydrogen-bond acceptors (Lipinski definition) is 4. The van der Waals surface area contributed by atoms with Crippen LogP contribution in [0.2, 0.25) is 0 Å². The lowest BCUT2D eigenvalue weighted by atomic mass is 10.2. The van der Waals surface area contributed by atoms with E-state index >= 15 is 0 Å². The van der Waals surface area contributed by atoms with Gasteiger partial charge in [0.05, 0.1) is 6.20 Å². The molecule has 0 bridgehead atoms. The first-order chi connectivity index (χ1) is 13.2. The number of hydrogen-bond donors (Lipinski definition) is 1. The fraction of sp³-hybridized carbons (Fsp3) is 0.238. The van der Waals surface area contributed by atoms with Crippen LogP contribution in [0.1, 0.15) is 18.7 Å². The third-order valence-corrected chi connectivity index (χ3v) is 5.00. The van der Waals surface area contributed by atoms with Crippen molar-refractivity contribution in [2.45, 2.75) is 24.2 Å². The number of aryl methyl sites for hydroxylation is 1. The zero-order valence-corrected chi connectivity index (χ0v) is 15.7. The lowest BCUT2D eigenvalue weighted by Crippen LogP contribution is -2.25. The highest BCUT2D eigenvalue weighted by molar-refractivity contribution is 7.99. The molecule has 1 N–H and O–H groups in total.